The highest BCUT2D eigenvalue weighted by Crippen LogP contribution is 2.61. The summed E-state index contributed by atoms with van der Waals surface area (Å²) in [6.45, 7) is 4.36. The number of carbonyl (C=O) groups excluding carboxylic acids is 5. The maximum atomic E-state index is 12.8. The Morgan fingerprint density at radius 2 is 1.62 bits per heavy atom. The smallest absolute Gasteiger partial charge is 0.384 e. The Morgan fingerprint density at radius 3 is 2.28 bits per heavy atom. The number of thioether (sulfide) groups is 1. The number of carbonyl (C=O) groups is 5. The molecule has 72 heavy (non-hydrogen) atoms. The minimum Gasteiger partial charge on any atom is -0.384 e. The van der Waals surface area contributed by atoms with E-state index >= 15 is 0 Å². The number of aliphatic imine (C=N–C) groups is 1. The fourth-order valence-corrected chi connectivity index (χ4v) is 9.95. The number of aliphatic hydroxyl groups excluding tert-OH is 3. The number of nitrogen functional groups attached to an aromatic ring is 1. The minimum atomic E-state index is -5.62. The number of phosphoric acid groups is 3. The summed E-state index contributed by atoms with van der Waals surface area (Å²) >= 11 is 0.728. The van der Waals surface area contributed by atoms with Crippen molar-refractivity contribution in [1.29, 1.82) is 0 Å². The first-order valence-electron chi connectivity index (χ1n) is 21.8. The normalized spacial score (nSPS) is 20.2. The van der Waals surface area contributed by atoms with E-state index in [4.69, 9.17) is 31.0 Å². The zero-order valence-corrected chi connectivity index (χ0v) is 43.0. The zero-order chi connectivity index (χ0) is 54.2. The van der Waals surface area contributed by atoms with Crippen LogP contribution in [0.4, 0.5) is 5.82 Å². The third kappa shape index (κ3) is 20.9. The van der Waals surface area contributed by atoms with Crippen molar-refractivity contribution in [1.82, 2.24) is 36.2 Å². The Labute approximate surface area is 415 Å². The second kappa shape index (κ2) is 27.9. The van der Waals surface area contributed by atoms with Gasteiger partial charge in [-0.1, -0.05) is 44.4 Å². The summed E-state index contributed by atoms with van der Waals surface area (Å²) < 4.78 is 62.5. The van der Waals surface area contributed by atoms with E-state index in [2.05, 4.69) is 50.0 Å². The Kier molecular flexibility index (Phi) is 24.0. The number of aliphatic hydroxyl groups is 3. The molecule has 1 fully saturated rings. The van der Waals surface area contributed by atoms with Gasteiger partial charge in [0.15, 0.2) is 29.5 Å². The van der Waals surface area contributed by atoms with Gasteiger partial charge in [0.2, 0.25) is 35.4 Å². The number of fused-ring (bicyclic) bond motifs is 1. The number of nitrogens with zero attached hydrogens (tertiary/aromatic N) is 4. The number of amides is 4. The van der Waals surface area contributed by atoms with Crippen LogP contribution in [0.3, 0.4) is 0 Å². The van der Waals surface area contributed by atoms with E-state index in [0.29, 0.717) is 25.9 Å². The second-order valence-corrected chi connectivity index (χ2v) is 22.4. The van der Waals surface area contributed by atoms with Crippen LogP contribution in [0.5, 0.6) is 0 Å². The fraction of sp³-hybridized carbons (Fsp3) is 0.694. The van der Waals surface area contributed by atoms with Crippen molar-refractivity contribution < 1.29 is 99.7 Å². The predicted molar refractivity (Wildman–Crippen MR) is 251 cm³/mol. The van der Waals surface area contributed by atoms with Crippen molar-refractivity contribution >= 4 is 86.9 Å². The monoisotopic (exact) mass is 1110 g/mol. The molecule has 2 aromatic heterocycles. The summed E-state index contributed by atoms with van der Waals surface area (Å²) in [7, 11) is -16.5. The number of hydrogen-bond donors (Lipinski definition) is 15. The molecule has 3 rings (SSSR count). The fourth-order valence-electron chi connectivity index (χ4n) is 6.41. The first-order chi connectivity index (χ1) is 33.4. The van der Waals surface area contributed by atoms with Gasteiger partial charge < -0.3 is 78.1 Å². The molecule has 2 aromatic rings. The van der Waals surface area contributed by atoms with E-state index < -0.39 is 120 Å². The number of aromatic nitrogens is 4. The van der Waals surface area contributed by atoms with Gasteiger partial charge in [-0.2, -0.15) is 9.29 Å². The molecule has 32 nitrogen and oxygen atoms in total. The van der Waals surface area contributed by atoms with Crippen molar-refractivity contribution in [3.05, 3.63) is 12.7 Å². The lowest BCUT2D eigenvalue weighted by Gasteiger charge is -2.30. The number of nitrogens with two attached hydrogens (primary N) is 3. The van der Waals surface area contributed by atoms with Crippen LogP contribution in [-0.2, 0) is 60.3 Å². The number of H-pyrrole nitrogens is 1. The summed E-state index contributed by atoms with van der Waals surface area (Å²) in [4.78, 5) is 117. The van der Waals surface area contributed by atoms with E-state index in [-0.39, 0.29) is 60.5 Å². The summed E-state index contributed by atoms with van der Waals surface area (Å²) in [6, 6.07) is -0.961. The van der Waals surface area contributed by atoms with Crippen molar-refractivity contribution in [3.63, 3.8) is 0 Å². The number of imidazole rings is 1. The number of guanidine groups is 1. The number of aromatic amines is 1. The average Bonchev–Trinajstić information content (AvgIpc) is 3.83. The quantitative estimate of drug-likeness (QED) is 0.0115. The molecule has 0 bridgehead atoms. The van der Waals surface area contributed by atoms with Crippen LogP contribution >= 0.6 is 35.2 Å². The number of unbranched alkanes of at least 4 members (excludes halogenated alkanes) is 1. The lowest BCUT2D eigenvalue weighted by atomic mass is 9.87. The third-order valence-electron chi connectivity index (χ3n) is 10.0. The molecule has 36 heteroatoms. The summed E-state index contributed by atoms with van der Waals surface area (Å²) in [5, 5.41) is 41.4. The van der Waals surface area contributed by atoms with E-state index in [9.17, 15) is 72.6 Å². The Balaban J connectivity index is 1.38. The number of nitrogens with one attached hydrogen (secondary N) is 5. The molecule has 0 saturated carbocycles. The standard InChI is InChI=1S/C36H63N12O20P3S/c1-19(2)13-20(31(54)41-8-5-6-9-43-35(38)39)47-32(55)21(49)14-24(51)72-12-11-40-23(50)7-10-42-33(56)28(53)36(3,4)16-65-71(62,63)68-70(60,61)64-15-22-27(67-69(57,58)59)26(52)34(66-22)48-18-46-25-29(37)44-17-45-30(25)48/h17-22,26-28,34,49,52-53H,5-16H2,1-4H3,(H14,37,38,39,40,41,42,43,44,45,47,50,54,55,56,57,58,59,60,61,62,63)/p+1. The molecule has 3 heterocycles. The summed E-state index contributed by atoms with van der Waals surface area (Å²) in [6.07, 6.45) is -7.93. The van der Waals surface area contributed by atoms with Crippen molar-refractivity contribution in [2.45, 2.75) is 103 Å². The molecule has 1 aliphatic rings. The van der Waals surface area contributed by atoms with Crippen LogP contribution in [0, 0.1) is 11.3 Å². The Bertz CT molecular complexity index is 2360. The lowest BCUT2D eigenvalue weighted by Crippen LogP contribution is -2.50. The zero-order valence-electron chi connectivity index (χ0n) is 39.5. The predicted octanol–water partition coefficient (Wildman–Crippen LogP) is -3.46. The van der Waals surface area contributed by atoms with Crippen LogP contribution in [0.15, 0.2) is 17.6 Å². The van der Waals surface area contributed by atoms with Crippen LogP contribution in [0.1, 0.15) is 66.0 Å². The van der Waals surface area contributed by atoms with Gasteiger partial charge in [-0.15, -0.1) is 0 Å². The van der Waals surface area contributed by atoms with Gasteiger partial charge in [0.05, 0.1) is 19.6 Å². The molecule has 9 atom stereocenters. The first kappa shape index (κ1) is 62.0. The Hall–Kier alpha value is -4.27. The minimum absolute atomic E-state index is 0.00589. The van der Waals surface area contributed by atoms with Gasteiger partial charge in [-0.3, -0.25) is 47.5 Å². The summed E-state index contributed by atoms with van der Waals surface area (Å²) in [5.41, 5.74) is 14.9. The van der Waals surface area contributed by atoms with Crippen molar-refractivity contribution in [2.24, 2.45) is 27.8 Å². The second-order valence-electron chi connectivity index (χ2n) is 17.1. The molecule has 0 aliphatic carbocycles. The molecule has 0 aromatic carbocycles. The van der Waals surface area contributed by atoms with Gasteiger partial charge >= 0.3 is 29.1 Å². The van der Waals surface area contributed by atoms with Crippen LogP contribution < -0.4 is 43.0 Å². The highest BCUT2D eigenvalue weighted by atomic mass is 32.2. The molecule has 18 N–H and O–H groups in total. The maximum absolute atomic E-state index is 12.8. The molecule has 1 aliphatic heterocycles. The Morgan fingerprint density at radius 1 is 0.958 bits per heavy atom. The van der Waals surface area contributed by atoms with Crippen LogP contribution in [0.2, 0.25) is 0 Å². The number of phosphoric ester groups is 3. The number of ether oxygens (including phenoxy) is 1. The van der Waals surface area contributed by atoms with E-state index in [1.165, 1.54) is 20.2 Å². The lowest BCUT2D eigenvalue weighted by molar-refractivity contribution is -0.745. The first-order valence-corrected chi connectivity index (χ1v) is 27.3. The van der Waals surface area contributed by atoms with E-state index in [1.807, 2.05) is 13.8 Å². The molecular formula is C36H64N12O20P3S+. The third-order valence-corrected chi connectivity index (χ3v) is 14.0. The SMILES string of the molecule is CC(C)CC(NC(=O)C(O)CC(=O)SCCNC(=O)CCNC(=O)C(O)C(C)(C)COP(=O)(O)OP(=O)(O)OCC1OC([n+]2c[nH]c3c(N)ncnc32)C(O)C1OP(=O)(O)O)C(=O)NCCCCN=C(N)N. The maximum Gasteiger partial charge on any atom is 0.481 e. The van der Waals surface area contributed by atoms with Crippen LogP contribution in [0.25, 0.3) is 11.2 Å². The van der Waals surface area contributed by atoms with Gasteiger partial charge in [0, 0.05) is 43.8 Å². The van der Waals surface area contributed by atoms with Crippen molar-refractivity contribution in [2.75, 3.05) is 50.9 Å². The van der Waals surface area contributed by atoms with Gasteiger partial charge in [-0.25, -0.2) is 18.3 Å². The number of anilines is 1. The molecule has 1 saturated heterocycles. The average molecular weight is 1110 g/mol. The van der Waals surface area contributed by atoms with Gasteiger partial charge in [-0.05, 0) is 25.2 Å². The molecule has 4 amide bonds. The van der Waals surface area contributed by atoms with E-state index in [0.717, 1.165) is 22.7 Å². The van der Waals surface area contributed by atoms with Gasteiger partial charge in [0.1, 0.15) is 36.6 Å². The highest BCUT2D eigenvalue weighted by Gasteiger charge is 2.52. The highest BCUT2D eigenvalue weighted by molar-refractivity contribution is 8.13. The summed E-state index contributed by atoms with van der Waals surface area (Å²) in [5.74, 6) is -3.00. The van der Waals surface area contributed by atoms with Crippen molar-refractivity contribution in [3.8, 4) is 0 Å². The molecule has 408 valence electrons. The largest absolute Gasteiger partial charge is 0.481 e. The van der Waals surface area contributed by atoms with Gasteiger partial charge in [0.25, 0.3) is 0 Å². The number of rotatable bonds is 31. The topological polar surface area (TPSA) is 508 Å². The molecular weight excluding hydrogens is 1050 g/mol. The van der Waals surface area contributed by atoms with E-state index in [1.54, 1.807) is 0 Å². The molecule has 0 spiro atoms. The van der Waals surface area contributed by atoms with Crippen LogP contribution in [-0.4, -0.2) is 166 Å². The molecule has 0 radical (unpaired) electrons. The number of hydrogen-bond acceptors (Lipinski definition) is 21. The molecule has 9 unspecified atom stereocenters.